The number of carbonyl (C=O) groups is 2. The molecule has 3 unspecified atom stereocenters. The molecule has 3 N–H and O–H groups in total. The van der Waals surface area contributed by atoms with Gasteiger partial charge in [-0.25, -0.2) is 4.57 Å². The van der Waals surface area contributed by atoms with Gasteiger partial charge < -0.3 is 24.6 Å². The van der Waals surface area contributed by atoms with E-state index < -0.39 is 58.4 Å². The van der Waals surface area contributed by atoms with Crippen LogP contribution in [0.4, 0.5) is 0 Å². The third-order valence-corrected chi connectivity index (χ3v) is 3.99. The van der Waals surface area contributed by atoms with Crippen molar-refractivity contribution in [2.24, 2.45) is 0 Å². The summed E-state index contributed by atoms with van der Waals surface area (Å²) in [6, 6.07) is 0. The first-order valence-corrected chi connectivity index (χ1v) is 10.00. The molecule has 154 valence electrons. The molecular formula is C15H29O10P. The van der Waals surface area contributed by atoms with E-state index in [0.717, 1.165) is 6.42 Å². The molecule has 3 atom stereocenters. The van der Waals surface area contributed by atoms with E-state index >= 15 is 0 Å². The summed E-state index contributed by atoms with van der Waals surface area (Å²) in [5.41, 5.74) is 0. The summed E-state index contributed by atoms with van der Waals surface area (Å²) in [6.07, 6.45) is 0.0623. The molecule has 0 aromatic rings. The normalized spacial score (nSPS) is 15.7. The van der Waals surface area contributed by atoms with Crippen LogP contribution in [0, 0.1) is 0 Å². The van der Waals surface area contributed by atoms with Crippen LogP contribution in [0.3, 0.4) is 0 Å². The number of esters is 2. The molecule has 0 aliphatic rings. The first-order valence-electron chi connectivity index (χ1n) is 8.50. The van der Waals surface area contributed by atoms with Crippen molar-refractivity contribution in [3.63, 3.8) is 0 Å². The van der Waals surface area contributed by atoms with Crippen LogP contribution < -0.4 is 0 Å². The van der Waals surface area contributed by atoms with Crippen molar-refractivity contribution in [3.05, 3.63) is 0 Å². The molecule has 0 spiro atoms. The Bertz CT molecular complexity index is 456. The van der Waals surface area contributed by atoms with Gasteiger partial charge in [-0.15, -0.1) is 0 Å². The molecule has 0 bridgehead atoms. The summed E-state index contributed by atoms with van der Waals surface area (Å²) in [6.45, 7) is 1.38. The predicted octanol–water partition coefficient (Wildman–Crippen LogP) is 0.918. The molecule has 11 heteroatoms. The van der Waals surface area contributed by atoms with Gasteiger partial charge in [-0.05, 0) is 12.8 Å². The largest absolute Gasteiger partial charge is 0.472 e. The Morgan fingerprint density at radius 1 is 0.885 bits per heavy atom. The van der Waals surface area contributed by atoms with Crippen molar-refractivity contribution in [3.8, 4) is 0 Å². The number of hydrogen-bond acceptors (Lipinski definition) is 9. The summed E-state index contributed by atoms with van der Waals surface area (Å²) in [4.78, 5) is 32.4. The van der Waals surface area contributed by atoms with Gasteiger partial charge >= 0.3 is 19.8 Å². The highest BCUT2D eigenvalue weighted by Crippen LogP contribution is 2.43. The Morgan fingerprint density at radius 3 is 1.73 bits per heavy atom. The highest BCUT2D eigenvalue weighted by Gasteiger charge is 2.27. The summed E-state index contributed by atoms with van der Waals surface area (Å²) in [5, 5.41) is 18.2. The number of phosphoric acid groups is 1. The zero-order valence-electron chi connectivity index (χ0n) is 15.2. The molecule has 0 radical (unpaired) electrons. The van der Waals surface area contributed by atoms with Gasteiger partial charge in [0.15, 0.2) is 0 Å². The maximum Gasteiger partial charge on any atom is 0.472 e. The van der Waals surface area contributed by atoms with E-state index in [9.17, 15) is 19.0 Å². The van der Waals surface area contributed by atoms with Crippen molar-refractivity contribution in [2.45, 2.75) is 58.2 Å². The molecule has 0 aliphatic heterocycles. The summed E-state index contributed by atoms with van der Waals surface area (Å²) < 4.78 is 30.9. The fourth-order valence-electron chi connectivity index (χ4n) is 1.65. The first-order chi connectivity index (χ1) is 12.3. The fourth-order valence-corrected chi connectivity index (χ4v) is 2.44. The second kappa shape index (κ2) is 14.1. The third kappa shape index (κ3) is 12.3. The Hall–Kier alpha value is -1.03. The van der Waals surface area contributed by atoms with Gasteiger partial charge in [0.2, 0.25) is 0 Å². The number of ether oxygens (including phenoxy) is 2. The zero-order chi connectivity index (χ0) is 20.0. The average Bonchev–Trinajstić information content (AvgIpc) is 2.60. The maximum absolute atomic E-state index is 11.8. The third-order valence-electron chi connectivity index (χ3n) is 3.04. The fraction of sp³-hybridized carbons (Fsp3) is 0.867. The van der Waals surface area contributed by atoms with Gasteiger partial charge in [0.05, 0.1) is 26.4 Å². The second-order valence-corrected chi connectivity index (χ2v) is 6.96. The lowest BCUT2D eigenvalue weighted by molar-refractivity contribution is -0.153. The zero-order valence-corrected chi connectivity index (χ0v) is 16.1. The number of carbonyl (C=O) groups excluding carboxylic acids is 2. The second-order valence-electron chi connectivity index (χ2n) is 5.50. The quantitative estimate of drug-likeness (QED) is 0.267. The van der Waals surface area contributed by atoms with Gasteiger partial charge in [0.1, 0.15) is 12.2 Å². The van der Waals surface area contributed by atoms with Crippen LogP contribution in [0.1, 0.15) is 46.0 Å². The Kier molecular flexibility index (Phi) is 13.5. The molecule has 0 rings (SSSR count). The first kappa shape index (κ1) is 25.0. The van der Waals surface area contributed by atoms with Crippen LogP contribution in [-0.4, -0.2) is 65.7 Å². The van der Waals surface area contributed by atoms with Gasteiger partial charge in [-0.3, -0.25) is 18.6 Å². The van der Waals surface area contributed by atoms with E-state index in [1.807, 2.05) is 6.92 Å². The summed E-state index contributed by atoms with van der Waals surface area (Å²) in [7, 11) is -4.55. The molecule has 0 aromatic heterocycles. The smallest absolute Gasteiger partial charge is 0.457 e. The Labute approximate surface area is 153 Å². The summed E-state index contributed by atoms with van der Waals surface area (Å²) in [5.74, 6) is -1.12. The number of unbranched alkanes of at least 4 members (excludes halogenated alkanes) is 1. The number of aliphatic hydroxyl groups excluding tert-OH is 2. The molecule has 0 saturated heterocycles. The minimum absolute atomic E-state index is 0.144. The molecule has 0 fully saturated rings. The van der Waals surface area contributed by atoms with Crippen LogP contribution >= 0.6 is 7.82 Å². The standard InChI is InChI=1S/C15H29O10P/c1-3-5-7-15(19)25-13(9-17)11-23-26(20,21)22-10-12(8-16)24-14(18)6-4-2/h12-13,16-17H,3-11H2,1-2H3,(H,20,21). The lowest BCUT2D eigenvalue weighted by Gasteiger charge is -2.20. The van der Waals surface area contributed by atoms with Gasteiger partial charge in [-0.1, -0.05) is 20.3 Å². The van der Waals surface area contributed by atoms with Crippen LogP contribution in [-0.2, 0) is 32.7 Å². The lowest BCUT2D eigenvalue weighted by atomic mass is 10.2. The van der Waals surface area contributed by atoms with Crippen molar-refractivity contribution in [1.29, 1.82) is 0 Å². The van der Waals surface area contributed by atoms with Crippen molar-refractivity contribution in [1.82, 2.24) is 0 Å². The Balaban J connectivity index is 4.34. The molecule has 0 aromatic carbocycles. The Morgan fingerprint density at radius 2 is 1.35 bits per heavy atom. The van der Waals surface area contributed by atoms with Crippen LogP contribution in [0.5, 0.6) is 0 Å². The highest BCUT2D eigenvalue weighted by atomic mass is 31.2. The van der Waals surface area contributed by atoms with E-state index in [4.69, 9.17) is 19.7 Å². The average molecular weight is 400 g/mol. The van der Waals surface area contributed by atoms with E-state index in [0.29, 0.717) is 12.8 Å². The van der Waals surface area contributed by atoms with E-state index in [1.165, 1.54) is 0 Å². The molecule has 0 amide bonds. The lowest BCUT2D eigenvalue weighted by Crippen LogP contribution is -2.28. The van der Waals surface area contributed by atoms with Gasteiger partial charge in [-0.2, -0.15) is 0 Å². The minimum Gasteiger partial charge on any atom is -0.457 e. The monoisotopic (exact) mass is 400 g/mol. The van der Waals surface area contributed by atoms with E-state index in [-0.39, 0.29) is 12.8 Å². The van der Waals surface area contributed by atoms with Crippen molar-refractivity contribution in [2.75, 3.05) is 26.4 Å². The molecule has 0 saturated carbocycles. The molecule has 10 nitrogen and oxygen atoms in total. The van der Waals surface area contributed by atoms with E-state index in [2.05, 4.69) is 9.05 Å². The van der Waals surface area contributed by atoms with Gasteiger partial charge in [0, 0.05) is 12.8 Å². The SMILES string of the molecule is CCCCC(=O)OC(CO)COP(=O)(O)OCC(CO)OC(=O)CCC. The van der Waals surface area contributed by atoms with Crippen LogP contribution in [0.15, 0.2) is 0 Å². The molecule has 26 heavy (non-hydrogen) atoms. The van der Waals surface area contributed by atoms with Crippen LogP contribution in [0.2, 0.25) is 0 Å². The number of hydrogen-bond donors (Lipinski definition) is 3. The van der Waals surface area contributed by atoms with E-state index in [1.54, 1.807) is 6.92 Å². The predicted molar refractivity (Wildman–Crippen MR) is 90.1 cm³/mol. The highest BCUT2D eigenvalue weighted by molar-refractivity contribution is 7.47. The van der Waals surface area contributed by atoms with Crippen LogP contribution in [0.25, 0.3) is 0 Å². The number of rotatable bonds is 15. The number of phosphoric ester groups is 1. The summed E-state index contributed by atoms with van der Waals surface area (Å²) >= 11 is 0. The minimum atomic E-state index is -4.55. The molecular weight excluding hydrogens is 371 g/mol. The van der Waals surface area contributed by atoms with Gasteiger partial charge in [0.25, 0.3) is 0 Å². The molecule has 0 heterocycles. The van der Waals surface area contributed by atoms with Crippen molar-refractivity contribution < 1.29 is 47.8 Å². The molecule has 0 aliphatic carbocycles. The maximum atomic E-state index is 11.8. The topological polar surface area (TPSA) is 149 Å². The van der Waals surface area contributed by atoms with Crippen molar-refractivity contribution >= 4 is 19.8 Å². The number of aliphatic hydroxyl groups is 2.